The second-order valence-corrected chi connectivity index (χ2v) is 9.20. The third-order valence-electron chi connectivity index (χ3n) is 4.63. The van der Waals surface area contributed by atoms with E-state index in [1.807, 2.05) is 0 Å². The van der Waals surface area contributed by atoms with Crippen LogP contribution in [0.5, 0.6) is 0 Å². The first kappa shape index (κ1) is 23.8. The van der Waals surface area contributed by atoms with Crippen LogP contribution < -0.4 is 15.4 Å². The van der Waals surface area contributed by atoms with Crippen molar-refractivity contribution in [1.29, 1.82) is 5.26 Å². The molecule has 33 heavy (non-hydrogen) atoms. The van der Waals surface area contributed by atoms with Crippen LogP contribution in [0.1, 0.15) is 26.3 Å². The van der Waals surface area contributed by atoms with Gasteiger partial charge >= 0.3 is 0 Å². The van der Waals surface area contributed by atoms with E-state index in [-0.39, 0.29) is 16.7 Å². The van der Waals surface area contributed by atoms with Crippen molar-refractivity contribution in [1.82, 2.24) is 14.7 Å². The predicted molar refractivity (Wildman–Crippen MR) is 126 cm³/mol. The number of hydrogen-bond donors (Lipinski definition) is 3. The number of anilines is 3. The molecule has 0 atom stereocenters. The van der Waals surface area contributed by atoms with Crippen molar-refractivity contribution >= 4 is 33.3 Å². The Morgan fingerprint density at radius 3 is 2.48 bits per heavy atom. The fraction of sp³-hybridized carbons (Fsp3) is 0.217. The smallest absolute Gasteiger partial charge is 0.240 e. The average Bonchev–Trinajstić information content (AvgIpc) is 2.79. The monoisotopic (exact) mass is 464 g/mol. The molecule has 0 aliphatic rings. The Bertz CT molecular complexity index is 1300. The summed E-state index contributed by atoms with van der Waals surface area (Å²) in [7, 11) is -3.53. The van der Waals surface area contributed by atoms with Gasteiger partial charge in [-0.15, -0.1) is 0 Å². The lowest BCUT2D eigenvalue weighted by Crippen LogP contribution is -2.22. The summed E-state index contributed by atoms with van der Waals surface area (Å²) < 4.78 is 26.6. The lowest BCUT2D eigenvalue weighted by molar-refractivity contribution is -0.118. The largest absolute Gasteiger partial charge is 0.325 e. The molecular weight excluding hydrogens is 440 g/mol. The molecular formula is C23H24N6O3S. The fourth-order valence-electron chi connectivity index (χ4n) is 2.88. The summed E-state index contributed by atoms with van der Waals surface area (Å²) in [5.74, 6) is -0.0636. The second-order valence-electron chi connectivity index (χ2n) is 7.43. The number of benzene rings is 2. The van der Waals surface area contributed by atoms with Crippen molar-refractivity contribution in [2.24, 2.45) is 5.92 Å². The molecule has 10 heteroatoms. The number of hydrogen-bond acceptors (Lipinski definition) is 7. The first-order chi connectivity index (χ1) is 15.7. The third kappa shape index (κ3) is 5.91. The number of amides is 1. The van der Waals surface area contributed by atoms with Gasteiger partial charge in [-0.2, -0.15) is 5.26 Å². The number of carbonyl (C=O) groups excluding carboxylic acids is 1. The van der Waals surface area contributed by atoms with Crippen LogP contribution in [0.15, 0.2) is 59.6 Å². The molecule has 0 saturated carbocycles. The Hall–Kier alpha value is -3.81. The first-order valence-corrected chi connectivity index (χ1v) is 11.8. The number of nitrogens with zero attached hydrogens (tertiary/aromatic N) is 3. The molecule has 1 heterocycles. The quantitative estimate of drug-likeness (QED) is 0.463. The number of carbonyl (C=O) groups is 1. The molecule has 0 unspecified atom stereocenters. The van der Waals surface area contributed by atoms with Crippen LogP contribution in [0.25, 0.3) is 11.3 Å². The third-order valence-corrected chi connectivity index (χ3v) is 6.19. The molecule has 3 N–H and O–H groups in total. The normalized spacial score (nSPS) is 11.1. The summed E-state index contributed by atoms with van der Waals surface area (Å²) in [5, 5.41) is 15.3. The zero-order chi connectivity index (χ0) is 24.0. The van der Waals surface area contributed by atoms with Crippen LogP contribution in [0, 0.1) is 17.2 Å². The van der Waals surface area contributed by atoms with Crippen molar-refractivity contribution in [2.75, 3.05) is 17.2 Å². The first-order valence-electron chi connectivity index (χ1n) is 10.3. The molecule has 1 amide bonds. The number of sulfonamides is 1. The maximum absolute atomic E-state index is 12.1. The molecule has 0 aliphatic heterocycles. The molecule has 0 radical (unpaired) electrons. The minimum atomic E-state index is -3.53. The van der Waals surface area contributed by atoms with Crippen molar-refractivity contribution in [2.45, 2.75) is 25.7 Å². The van der Waals surface area contributed by atoms with Gasteiger partial charge in [-0.1, -0.05) is 26.8 Å². The van der Waals surface area contributed by atoms with Crippen LogP contribution >= 0.6 is 0 Å². The highest BCUT2D eigenvalue weighted by Crippen LogP contribution is 2.25. The van der Waals surface area contributed by atoms with E-state index in [1.165, 1.54) is 12.1 Å². The Morgan fingerprint density at radius 2 is 1.85 bits per heavy atom. The highest BCUT2D eigenvalue weighted by atomic mass is 32.2. The van der Waals surface area contributed by atoms with E-state index in [0.717, 1.165) is 0 Å². The molecule has 170 valence electrons. The Labute approximate surface area is 193 Å². The lowest BCUT2D eigenvalue weighted by Gasteiger charge is -2.11. The highest BCUT2D eigenvalue weighted by Gasteiger charge is 2.13. The van der Waals surface area contributed by atoms with E-state index in [2.05, 4.69) is 31.4 Å². The van der Waals surface area contributed by atoms with Crippen LogP contribution in [-0.4, -0.2) is 30.8 Å². The molecule has 3 aromatic rings. The second kappa shape index (κ2) is 10.2. The van der Waals surface area contributed by atoms with Crippen LogP contribution in [0.4, 0.5) is 17.3 Å². The Morgan fingerprint density at radius 1 is 1.12 bits per heavy atom. The summed E-state index contributed by atoms with van der Waals surface area (Å²) in [5.41, 5.74) is 2.66. The van der Waals surface area contributed by atoms with Gasteiger partial charge in [-0.3, -0.25) is 4.79 Å². The molecule has 0 saturated heterocycles. The maximum atomic E-state index is 12.1. The minimum Gasteiger partial charge on any atom is -0.325 e. The zero-order valence-electron chi connectivity index (χ0n) is 18.5. The topological polar surface area (TPSA) is 137 Å². The van der Waals surface area contributed by atoms with Crippen molar-refractivity contribution in [3.8, 4) is 17.3 Å². The summed E-state index contributed by atoms with van der Waals surface area (Å²) in [6.07, 6.45) is 1.58. The summed E-state index contributed by atoms with van der Waals surface area (Å²) in [4.78, 5) is 20.8. The van der Waals surface area contributed by atoms with Crippen LogP contribution in [-0.2, 0) is 14.8 Å². The molecule has 2 aromatic carbocycles. The predicted octanol–water partition coefficient (Wildman–Crippen LogP) is 3.65. The molecule has 3 rings (SSSR count). The lowest BCUT2D eigenvalue weighted by atomic mass is 10.1. The van der Waals surface area contributed by atoms with E-state index in [1.54, 1.807) is 63.4 Å². The van der Waals surface area contributed by atoms with Crippen molar-refractivity contribution in [3.63, 3.8) is 0 Å². The summed E-state index contributed by atoms with van der Waals surface area (Å²) >= 11 is 0. The van der Waals surface area contributed by atoms with Crippen LogP contribution in [0.2, 0.25) is 0 Å². The zero-order valence-corrected chi connectivity index (χ0v) is 19.3. The SMILES string of the molecule is CCNS(=O)(=O)c1ccc(Nc2nccc(-c3ccc(NC(=O)C(C)C)c(C#N)c3)n2)cc1. The van der Waals surface area contributed by atoms with Gasteiger partial charge < -0.3 is 10.6 Å². The molecule has 0 fully saturated rings. The average molecular weight is 465 g/mol. The van der Waals surface area contributed by atoms with Gasteiger partial charge in [0.2, 0.25) is 21.9 Å². The molecule has 0 spiro atoms. The fourth-order valence-corrected chi connectivity index (χ4v) is 3.92. The maximum Gasteiger partial charge on any atom is 0.240 e. The van der Waals surface area contributed by atoms with Gasteiger partial charge in [0.25, 0.3) is 0 Å². The molecule has 9 nitrogen and oxygen atoms in total. The molecule has 0 bridgehead atoms. The summed E-state index contributed by atoms with van der Waals surface area (Å²) in [6, 6.07) is 15.1. The van der Waals surface area contributed by atoms with E-state index in [4.69, 9.17) is 0 Å². The number of nitriles is 1. The number of rotatable bonds is 8. The minimum absolute atomic E-state index is 0.165. The van der Waals surface area contributed by atoms with Crippen molar-refractivity contribution < 1.29 is 13.2 Å². The van der Waals surface area contributed by atoms with E-state index >= 15 is 0 Å². The van der Waals surface area contributed by atoms with Crippen LogP contribution in [0.3, 0.4) is 0 Å². The van der Waals surface area contributed by atoms with Gasteiger partial charge in [-0.25, -0.2) is 23.1 Å². The van der Waals surface area contributed by atoms with Gasteiger partial charge in [0.1, 0.15) is 6.07 Å². The van der Waals surface area contributed by atoms with Gasteiger partial charge in [-0.05, 0) is 42.5 Å². The number of nitrogens with one attached hydrogen (secondary N) is 3. The van der Waals surface area contributed by atoms with Crippen molar-refractivity contribution in [3.05, 3.63) is 60.3 Å². The number of aromatic nitrogens is 2. The standard InChI is InChI=1S/C23H24N6O3S/c1-4-26-33(31,32)19-8-6-18(7-9-19)27-23-25-12-11-21(29-23)16-5-10-20(17(13-16)14-24)28-22(30)15(2)3/h5-13,15,26H,4H2,1-3H3,(H,28,30)(H,25,27,29). The van der Waals surface area contributed by atoms with Gasteiger partial charge in [0.15, 0.2) is 0 Å². The Balaban J connectivity index is 1.81. The molecule has 1 aromatic heterocycles. The van der Waals surface area contributed by atoms with Gasteiger partial charge in [0.05, 0.1) is 21.8 Å². The van der Waals surface area contributed by atoms with E-state index < -0.39 is 10.0 Å². The summed E-state index contributed by atoms with van der Waals surface area (Å²) in [6.45, 7) is 5.58. The Kier molecular flexibility index (Phi) is 7.37. The van der Waals surface area contributed by atoms with E-state index in [9.17, 15) is 18.5 Å². The van der Waals surface area contributed by atoms with Gasteiger partial charge in [0, 0.05) is 29.9 Å². The highest BCUT2D eigenvalue weighted by molar-refractivity contribution is 7.89. The van der Waals surface area contributed by atoms with E-state index in [0.29, 0.717) is 40.7 Å². The molecule has 0 aliphatic carbocycles.